The number of aromatic nitrogens is 1. The minimum Gasteiger partial charge on any atom is -0.460 e. The molecule has 9 heteroatoms. The minimum atomic E-state index is -2.95. The van der Waals surface area contributed by atoms with Gasteiger partial charge in [0.15, 0.2) is 0 Å². The Balaban J connectivity index is 1.46. The van der Waals surface area contributed by atoms with Crippen LogP contribution in [0.2, 0.25) is 0 Å². The molecule has 0 radical (unpaired) electrons. The number of aromatic amines is 1. The number of nitrogens with two attached hydrogens (primary N) is 1. The Morgan fingerprint density at radius 1 is 1.15 bits per heavy atom. The van der Waals surface area contributed by atoms with Crippen molar-refractivity contribution in [2.75, 3.05) is 44.7 Å². The summed E-state index contributed by atoms with van der Waals surface area (Å²) in [6.45, 7) is 4.86. The molecule has 0 unspecified atom stereocenters. The van der Waals surface area contributed by atoms with Crippen molar-refractivity contribution in [3.8, 4) is 11.3 Å². The molecule has 2 fully saturated rings. The molecule has 3 N–H and O–H groups in total. The molecule has 3 aromatic rings. The van der Waals surface area contributed by atoms with Crippen LogP contribution in [0.4, 0.5) is 0 Å². The molecule has 2 aliphatic heterocycles. The van der Waals surface area contributed by atoms with Crippen LogP contribution in [-0.2, 0) is 16.4 Å². The number of carbonyl (C=O) groups is 1. The van der Waals surface area contributed by atoms with Gasteiger partial charge in [0.1, 0.15) is 21.4 Å². The average molecular weight is 471 g/mol. The molecule has 1 aromatic carbocycles. The van der Waals surface area contributed by atoms with Crippen molar-refractivity contribution in [1.82, 2.24) is 14.8 Å². The Hall–Kier alpha value is -2.62. The Bertz CT molecular complexity index is 1270. The minimum absolute atomic E-state index is 0.127. The van der Waals surface area contributed by atoms with E-state index in [0.717, 1.165) is 55.0 Å². The van der Waals surface area contributed by atoms with E-state index >= 15 is 0 Å². The van der Waals surface area contributed by atoms with Gasteiger partial charge in [0.25, 0.3) is 5.91 Å². The molecule has 0 bridgehead atoms. The number of hydrogen-bond acceptors (Lipinski definition) is 6. The standard InChI is InChI=1S/C24H30N4O4S/c1-27-6-8-28(9-7-27)15-18-2-3-22(32-18)17-12-19-21(16-4-10-33(30,31)11-5-16)14-26-23(19)20(13-17)24(25)29/h2-3,12-14,16,26H,4-11,15H2,1H3,(H2,25,29). The smallest absolute Gasteiger partial charge is 0.250 e. The lowest BCUT2D eigenvalue weighted by Crippen LogP contribution is -2.43. The summed E-state index contributed by atoms with van der Waals surface area (Å²) in [5.74, 6) is 1.60. The molecule has 5 rings (SSSR count). The molecule has 0 atom stereocenters. The third-order valence-corrected chi connectivity index (χ3v) is 8.72. The molecule has 8 nitrogen and oxygen atoms in total. The highest BCUT2D eigenvalue weighted by Crippen LogP contribution is 2.37. The number of amides is 1. The molecule has 0 aliphatic carbocycles. The zero-order chi connectivity index (χ0) is 23.2. The first-order chi connectivity index (χ1) is 15.8. The van der Waals surface area contributed by atoms with Crippen LogP contribution >= 0.6 is 0 Å². The number of nitrogens with zero attached hydrogens (tertiary/aromatic N) is 2. The van der Waals surface area contributed by atoms with E-state index in [1.165, 1.54) is 0 Å². The molecule has 2 aromatic heterocycles. The molecular formula is C24H30N4O4S. The second kappa shape index (κ2) is 8.62. The van der Waals surface area contributed by atoms with E-state index in [1.54, 1.807) is 6.07 Å². The summed E-state index contributed by atoms with van der Waals surface area (Å²) in [4.78, 5) is 20.1. The van der Waals surface area contributed by atoms with Gasteiger partial charge in [-0.15, -0.1) is 0 Å². The average Bonchev–Trinajstić information content (AvgIpc) is 3.42. The molecular weight excluding hydrogens is 440 g/mol. The summed E-state index contributed by atoms with van der Waals surface area (Å²) in [5.41, 5.74) is 8.65. The molecule has 4 heterocycles. The fourth-order valence-corrected chi connectivity index (χ4v) is 6.46. The summed E-state index contributed by atoms with van der Waals surface area (Å²) in [6.07, 6.45) is 3.06. The normalized spacial score (nSPS) is 20.4. The first-order valence-electron chi connectivity index (χ1n) is 11.4. The van der Waals surface area contributed by atoms with Gasteiger partial charge in [-0.05, 0) is 55.6 Å². The van der Waals surface area contributed by atoms with Crippen LogP contribution in [0.25, 0.3) is 22.2 Å². The number of nitrogens with one attached hydrogen (secondary N) is 1. The van der Waals surface area contributed by atoms with Gasteiger partial charge in [0.2, 0.25) is 0 Å². The lowest BCUT2D eigenvalue weighted by Gasteiger charge is -2.31. The molecule has 2 aliphatic rings. The van der Waals surface area contributed by atoms with E-state index in [0.29, 0.717) is 29.7 Å². The van der Waals surface area contributed by atoms with E-state index in [9.17, 15) is 13.2 Å². The van der Waals surface area contributed by atoms with E-state index in [2.05, 4.69) is 21.8 Å². The Kier molecular flexibility index (Phi) is 5.80. The zero-order valence-electron chi connectivity index (χ0n) is 18.8. The van der Waals surface area contributed by atoms with Gasteiger partial charge in [-0.3, -0.25) is 9.69 Å². The maximum Gasteiger partial charge on any atom is 0.250 e. The second-order valence-corrected chi connectivity index (χ2v) is 11.6. The maximum atomic E-state index is 12.2. The van der Waals surface area contributed by atoms with Gasteiger partial charge >= 0.3 is 0 Å². The van der Waals surface area contributed by atoms with Crippen LogP contribution in [0, 0.1) is 0 Å². The van der Waals surface area contributed by atoms with Gasteiger partial charge in [-0.25, -0.2) is 8.42 Å². The second-order valence-electron chi connectivity index (χ2n) is 9.33. The van der Waals surface area contributed by atoms with Gasteiger partial charge in [0, 0.05) is 43.3 Å². The number of hydrogen-bond donors (Lipinski definition) is 2. The zero-order valence-corrected chi connectivity index (χ0v) is 19.7. The molecule has 0 spiro atoms. The topological polar surface area (TPSA) is 113 Å². The molecule has 1 amide bonds. The Labute approximate surface area is 193 Å². The summed E-state index contributed by atoms with van der Waals surface area (Å²) in [6, 6.07) is 7.73. The van der Waals surface area contributed by atoms with Gasteiger partial charge in [0.05, 0.1) is 29.1 Å². The number of furan rings is 1. The highest BCUT2D eigenvalue weighted by molar-refractivity contribution is 7.91. The number of fused-ring (bicyclic) bond motifs is 1. The van der Waals surface area contributed by atoms with Gasteiger partial charge < -0.3 is 20.0 Å². The highest BCUT2D eigenvalue weighted by Gasteiger charge is 2.27. The van der Waals surface area contributed by atoms with Crippen molar-refractivity contribution in [2.45, 2.75) is 25.3 Å². The van der Waals surface area contributed by atoms with Crippen LogP contribution < -0.4 is 5.73 Å². The quantitative estimate of drug-likeness (QED) is 0.593. The van der Waals surface area contributed by atoms with Gasteiger partial charge in [-0.2, -0.15) is 0 Å². The fourth-order valence-electron chi connectivity index (χ4n) is 4.97. The number of primary amides is 1. The predicted octanol–water partition coefficient (Wildman–Crippen LogP) is 2.57. The lowest BCUT2D eigenvalue weighted by atomic mass is 9.91. The number of benzene rings is 1. The van der Waals surface area contributed by atoms with E-state index in [-0.39, 0.29) is 17.4 Å². The van der Waals surface area contributed by atoms with Crippen LogP contribution in [-0.4, -0.2) is 73.8 Å². The highest BCUT2D eigenvalue weighted by atomic mass is 32.2. The summed E-state index contributed by atoms with van der Waals surface area (Å²) >= 11 is 0. The fraction of sp³-hybridized carbons (Fsp3) is 0.458. The van der Waals surface area contributed by atoms with Crippen molar-refractivity contribution in [2.24, 2.45) is 5.73 Å². The van der Waals surface area contributed by atoms with Crippen molar-refractivity contribution in [3.63, 3.8) is 0 Å². The van der Waals surface area contributed by atoms with Crippen LogP contribution in [0.15, 0.2) is 34.9 Å². The monoisotopic (exact) mass is 470 g/mol. The Morgan fingerprint density at radius 3 is 2.58 bits per heavy atom. The van der Waals surface area contributed by atoms with Crippen LogP contribution in [0.3, 0.4) is 0 Å². The lowest BCUT2D eigenvalue weighted by molar-refractivity contribution is 0.100. The molecule has 2 saturated heterocycles. The number of piperazine rings is 1. The summed E-state index contributed by atoms with van der Waals surface area (Å²) in [5, 5.41) is 0.905. The van der Waals surface area contributed by atoms with E-state index in [4.69, 9.17) is 10.2 Å². The van der Waals surface area contributed by atoms with Crippen molar-refractivity contribution >= 4 is 26.6 Å². The predicted molar refractivity (Wildman–Crippen MR) is 128 cm³/mol. The number of carbonyl (C=O) groups excluding carboxylic acids is 1. The Morgan fingerprint density at radius 2 is 1.88 bits per heavy atom. The first-order valence-corrected chi connectivity index (χ1v) is 13.3. The number of likely N-dealkylation sites (N-methyl/N-ethyl adjacent to an activating group) is 1. The first kappa shape index (κ1) is 22.2. The van der Waals surface area contributed by atoms with Crippen molar-refractivity contribution in [3.05, 3.63) is 47.3 Å². The largest absolute Gasteiger partial charge is 0.460 e. The van der Waals surface area contributed by atoms with Crippen LogP contribution in [0.5, 0.6) is 0 Å². The van der Waals surface area contributed by atoms with Crippen molar-refractivity contribution in [1.29, 1.82) is 0 Å². The molecule has 0 saturated carbocycles. The summed E-state index contributed by atoms with van der Waals surface area (Å²) < 4.78 is 29.9. The van der Waals surface area contributed by atoms with E-state index in [1.807, 2.05) is 24.4 Å². The molecule has 176 valence electrons. The number of rotatable bonds is 5. The molecule has 33 heavy (non-hydrogen) atoms. The number of H-pyrrole nitrogens is 1. The SMILES string of the molecule is CN1CCN(Cc2ccc(-c3cc(C(N)=O)c4[nH]cc(C5CCS(=O)(=O)CC5)c4c3)o2)CC1. The van der Waals surface area contributed by atoms with Crippen LogP contribution in [0.1, 0.15) is 40.4 Å². The van der Waals surface area contributed by atoms with Gasteiger partial charge in [-0.1, -0.05) is 0 Å². The van der Waals surface area contributed by atoms with E-state index < -0.39 is 15.7 Å². The number of sulfone groups is 1. The maximum absolute atomic E-state index is 12.2. The summed E-state index contributed by atoms with van der Waals surface area (Å²) in [7, 11) is -0.816. The van der Waals surface area contributed by atoms with Crippen molar-refractivity contribution < 1.29 is 17.6 Å². The third-order valence-electron chi connectivity index (χ3n) is 7.00. The third kappa shape index (κ3) is 4.58.